The van der Waals surface area contributed by atoms with Gasteiger partial charge < -0.3 is 14.6 Å². The van der Waals surface area contributed by atoms with Crippen LogP contribution in [0.15, 0.2) is 29.1 Å². The predicted molar refractivity (Wildman–Crippen MR) is 122 cm³/mol. The lowest BCUT2D eigenvalue weighted by atomic mass is 9.98. The molecule has 2 aromatic heterocycles. The van der Waals surface area contributed by atoms with Gasteiger partial charge in [0.05, 0.1) is 10.9 Å². The lowest BCUT2D eigenvalue weighted by molar-refractivity contribution is 0.0682. The Kier molecular flexibility index (Phi) is 5.99. The van der Waals surface area contributed by atoms with Crippen LogP contribution in [0.3, 0.4) is 0 Å². The third-order valence-corrected chi connectivity index (χ3v) is 6.50. The SMILES string of the molecule is CC(Oc1ccc(Cl)nc1C(=O)O)c1cc(F)cc2c(=O)n(C3CC3)c(C3CCOCC3)nc12. The molecule has 0 radical (unpaired) electrons. The van der Waals surface area contributed by atoms with Crippen LogP contribution in [0.25, 0.3) is 10.9 Å². The number of ether oxygens (including phenoxy) is 2. The number of carboxylic acid groups (broad SMARTS) is 1. The van der Waals surface area contributed by atoms with Crippen molar-refractivity contribution in [2.75, 3.05) is 13.2 Å². The van der Waals surface area contributed by atoms with E-state index in [2.05, 4.69) is 4.98 Å². The van der Waals surface area contributed by atoms with Gasteiger partial charge in [-0.3, -0.25) is 9.36 Å². The zero-order chi connectivity index (χ0) is 24.0. The van der Waals surface area contributed by atoms with Gasteiger partial charge in [0.25, 0.3) is 5.56 Å². The average molecular weight is 488 g/mol. The van der Waals surface area contributed by atoms with Crippen LogP contribution in [0, 0.1) is 5.82 Å². The van der Waals surface area contributed by atoms with Crippen molar-refractivity contribution in [3.63, 3.8) is 0 Å². The van der Waals surface area contributed by atoms with Gasteiger partial charge in [0.2, 0.25) is 0 Å². The van der Waals surface area contributed by atoms with Crippen molar-refractivity contribution in [2.24, 2.45) is 0 Å². The van der Waals surface area contributed by atoms with Crippen LogP contribution in [0.1, 0.15) is 72.5 Å². The average Bonchev–Trinajstić information content (AvgIpc) is 3.65. The molecule has 1 atom stereocenters. The number of hydrogen-bond acceptors (Lipinski definition) is 6. The van der Waals surface area contributed by atoms with Gasteiger partial charge in [-0.1, -0.05) is 11.6 Å². The quantitative estimate of drug-likeness (QED) is 0.504. The number of aromatic carboxylic acids is 1. The molecule has 10 heteroatoms. The maximum absolute atomic E-state index is 14.7. The van der Waals surface area contributed by atoms with Crippen molar-refractivity contribution in [2.45, 2.75) is 50.7 Å². The van der Waals surface area contributed by atoms with E-state index in [0.717, 1.165) is 25.7 Å². The number of pyridine rings is 1. The Morgan fingerprint density at radius 2 is 1.97 bits per heavy atom. The van der Waals surface area contributed by atoms with E-state index in [9.17, 15) is 19.1 Å². The highest BCUT2D eigenvalue weighted by Gasteiger charge is 2.33. The van der Waals surface area contributed by atoms with Crippen LogP contribution >= 0.6 is 11.6 Å². The normalized spacial score (nSPS) is 17.6. The van der Waals surface area contributed by atoms with Gasteiger partial charge in [0.15, 0.2) is 11.4 Å². The van der Waals surface area contributed by atoms with Crippen LogP contribution in [0.2, 0.25) is 5.15 Å². The fourth-order valence-electron chi connectivity index (χ4n) is 4.47. The Hall–Kier alpha value is -3.04. The number of hydrogen-bond donors (Lipinski definition) is 1. The first-order chi connectivity index (χ1) is 16.3. The second kappa shape index (κ2) is 8.96. The molecule has 5 rings (SSSR count). The van der Waals surface area contributed by atoms with Gasteiger partial charge in [-0.25, -0.2) is 19.2 Å². The second-order valence-electron chi connectivity index (χ2n) is 8.70. The van der Waals surface area contributed by atoms with Crippen molar-refractivity contribution in [1.29, 1.82) is 0 Å². The number of carbonyl (C=O) groups is 1. The Morgan fingerprint density at radius 3 is 2.65 bits per heavy atom. The highest BCUT2D eigenvalue weighted by molar-refractivity contribution is 6.29. The minimum atomic E-state index is -1.30. The molecule has 3 heterocycles. The second-order valence-corrected chi connectivity index (χ2v) is 9.09. The van der Waals surface area contributed by atoms with Crippen LogP contribution < -0.4 is 10.3 Å². The molecule has 1 unspecified atom stereocenters. The number of benzene rings is 1. The largest absolute Gasteiger partial charge is 0.483 e. The highest BCUT2D eigenvalue weighted by atomic mass is 35.5. The first-order valence-electron chi connectivity index (χ1n) is 11.2. The summed E-state index contributed by atoms with van der Waals surface area (Å²) in [7, 11) is 0. The number of fused-ring (bicyclic) bond motifs is 1. The van der Waals surface area contributed by atoms with Gasteiger partial charge in [-0.2, -0.15) is 0 Å². The molecule has 1 saturated carbocycles. The van der Waals surface area contributed by atoms with Gasteiger partial charge in [-0.15, -0.1) is 0 Å². The van der Waals surface area contributed by atoms with E-state index in [0.29, 0.717) is 30.1 Å². The summed E-state index contributed by atoms with van der Waals surface area (Å²) in [6, 6.07) is 5.38. The molecule has 1 aromatic carbocycles. The van der Waals surface area contributed by atoms with Crippen molar-refractivity contribution >= 4 is 28.5 Å². The lowest BCUT2D eigenvalue weighted by Crippen LogP contribution is -2.29. The molecule has 34 heavy (non-hydrogen) atoms. The van der Waals surface area contributed by atoms with Gasteiger partial charge in [0.1, 0.15) is 22.9 Å². The van der Waals surface area contributed by atoms with E-state index in [1.165, 1.54) is 24.3 Å². The van der Waals surface area contributed by atoms with Crippen molar-refractivity contribution in [3.8, 4) is 5.75 Å². The molecule has 8 nitrogen and oxygen atoms in total. The van der Waals surface area contributed by atoms with Crippen molar-refractivity contribution in [3.05, 3.63) is 62.7 Å². The summed E-state index contributed by atoms with van der Waals surface area (Å²) in [6.07, 6.45) is 2.49. The minimum Gasteiger partial charge on any atom is -0.483 e. The van der Waals surface area contributed by atoms with Crippen molar-refractivity contribution in [1.82, 2.24) is 14.5 Å². The van der Waals surface area contributed by atoms with Gasteiger partial charge >= 0.3 is 5.97 Å². The summed E-state index contributed by atoms with van der Waals surface area (Å²) in [4.78, 5) is 33.8. The zero-order valence-corrected chi connectivity index (χ0v) is 19.2. The van der Waals surface area contributed by atoms with Gasteiger partial charge in [0, 0.05) is 30.7 Å². The van der Waals surface area contributed by atoms with Crippen LogP contribution in [0.5, 0.6) is 5.75 Å². The molecular formula is C24H23ClFN3O5. The highest BCUT2D eigenvalue weighted by Crippen LogP contribution is 2.39. The molecule has 0 spiro atoms. The summed E-state index contributed by atoms with van der Waals surface area (Å²) in [5.41, 5.74) is 0.0964. The lowest BCUT2D eigenvalue weighted by Gasteiger charge is -2.25. The van der Waals surface area contributed by atoms with E-state index in [4.69, 9.17) is 26.1 Å². The molecule has 0 amide bonds. The van der Waals surface area contributed by atoms with Crippen LogP contribution in [0.4, 0.5) is 4.39 Å². The molecule has 1 saturated heterocycles. The van der Waals surface area contributed by atoms with Crippen molar-refractivity contribution < 1.29 is 23.8 Å². The third-order valence-electron chi connectivity index (χ3n) is 6.29. The summed E-state index contributed by atoms with van der Waals surface area (Å²) in [6.45, 7) is 2.85. The summed E-state index contributed by atoms with van der Waals surface area (Å²) >= 11 is 5.83. The zero-order valence-electron chi connectivity index (χ0n) is 18.5. The first kappa shape index (κ1) is 22.7. The summed E-state index contributed by atoms with van der Waals surface area (Å²) < 4.78 is 27.8. The van der Waals surface area contributed by atoms with E-state index >= 15 is 0 Å². The maximum atomic E-state index is 14.7. The van der Waals surface area contributed by atoms with E-state index in [1.807, 2.05) is 0 Å². The van der Waals surface area contributed by atoms with E-state index in [1.54, 1.807) is 11.5 Å². The first-order valence-corrected chi connectivity index (χ1v) is 11.6. The Morgan fingerprint density at radius 1 is 1.24 bits per heavy atom. The molecule has 1 N–H and O–H groups in total. The molecule has 0 bridgehead atoms. The fraction of sp³-hybridized carbons (Fsp3) is 0.417. The van der Waals surface area contributed by atoms with Crippen LogP contribution in [-0.2, 0) is 4.74 Å². The molecular weight excluding hydrogens is 465 g/mol. The molecule has 178 valence electrons. The molecule has 1 aliphatic heterocycles. The standard InChI is InChI=1S/C24H23ClFN3O5/c1-12(34-18-4-5-19(25)27-21(18)24(31)32)16-10-14(26)11-17-20(16)28-22(13-6-8-33-9-7-13)29(23(17)30)15-2-3-15/h4-5,10-13,15H,2-3,6-9H2,1H3,(H,31,32). The Labute approximate surface area is 199 Å². The molecule has 2 aliphatic rings. The monoisotopic (exact) mass is 487 g/mol. The smallest absolute Gasteiger partial charge is 0.358 e. The number of nitrogens with zero attached hydrogens (tertiary/aromatic N) is 3. The third kappa shape index (κ3) is 4.25. The van der Waals surface area contributed by atoms with E-state index in [-0.39, 0.29) is 39.5 Å². The fourth-order valence-corrected chi connectivity index (χ4v) is 4.62. The minimum absolute atomic E-state index is 0.0111. The Bertz CT molecular complexity index is 1330. The number of aromatic nitrogens is 3. The topological polar surface area (TPSA) is 104 Å². The maximum Gasteiger partial charge on any atom is 0.358 e. The molecule has 2 fully saturated rings. The molecule has 3 aromatic rings. The number of halogens is 2. The molecule has 1 aliphatic carbocycles. The summed E-state index contributed by atoms with van der Waals surface area (Å²) in [5.74, 6) is -1.15. The van der Waals surface area contributed by atoms with Crippen LogP contribution in [-0.4, -0.2) is 38.8 Å². The van der Waals surface area contributed by atoms with E-state index < -0.39 is 17.9 Å². The number of carboxylic acids is 1. The number of rotatable bonds is 6. The Balaban J connectivity index is 1.63. The van der Waals surface area contributed by atoms with Gasteiger partial charge in [-0.05, 0) is 56.9 Å². The predicted octanol–water partition coefficient (Wildman–Crippen LogP) is 4.65. The summed E-state index contributed by atoms with van der Waals surface area (Å²) in [5, 5.41) is 9.66.